The molecular formula is C16H22N2OS. The number of benzene rings is 1. The van der Waals surface area contributed by atoms with Gasteiger partial charge in [0, 0.05) is 11.4 Å². The molecule has 0 atom stereocenters. The van der Waals surface area contributed by atoms with Gasteiger partial charge in [-0.05, 0) is 44.5 Å². The minimum Gasteiger partial charge on any atom is -0.486 e. The van der Waals surface area contributed by atoms with Gasteiger partial charge in [-0.15, -0.1) is 11.3 Å². The first-order valence-electron chi connectivity index (χ1n) is 7.04. The molecular weight excluding hydrogens is 268 g/mol. The molecule has 0 unspecified atom stereocenters. The average Bonchev–Trinajstić information content (AvgIpc) is 2.76. The van der Waals surface area contributed by atoms with Crippen molar-refractivity contribution in [2.75, 3.05) is 6.54 Å². The second kappa shape index (κ2) is 7.41. The van der Waals surface area contributed by atoms with E-state index in [1.54, 1.807) is 11.3 Å². The molecule has 1 aromatic carbocycles. The normalized spacial score (nSPS) is 10.8. The van der Waals surface area contributed by atoms with Gasteiger partial charge in [0.1, 0.15) is 17.4 Å². The molecule has 20 heavy (non-hydrogen) atoms. The molecule has 0 bridgehead atoms. The molecule has 1 N–H and O–H groups in total. The van der Waals surface area contributed by atoms with Crippen LogP contribution in [-0.4, -0.2) is 11.5 Å². The van der Waals surface area contributed by atoms with Crippen molar-refractivity contribution in [2.24, 2.45) is 0 Å². The van der Waals surface area contributed by atoms with Gasteiger partial charge in [-0.25, -0.2) is 4.98 Å². The van der Waals surface area contributed by atoms with Gasteiger partial charge >= 0.3 is 0 Å². The largest absolute Gasteiger partial charge is 0.486 e. The van der Waals surface area contributed by atoms with Crippen LogP contribution in [0.1, 0.15) is 34.5 Å². The second-order valence-corrected chi connectivity index (χ2v) is 6.15. The quantitative estimate of drug-likeness (QED) is 0.787. The van der Waals surface area contributed by atoms with Gasteiger partial charge < -0.3 is 10.1 Å². The molecule has 108 valence electrons. The Hall–Kier alpha value is -1.39. The summed E-state index contributed by atoms with van der Waals surface area (Å²) in [5, 5.41) is 4.43. The standard InChI is InChI=1S/C16H22N2OS/c1-4-8-17-10-14-6-5-7-15(9-14)19-11-16-18-12(2)13(3)20-16/h5-7,9,17H,4,8,10-11H2,1-3H3. The molecule has 0 amide bonds. The van der Waals surface area contributed by atoms with Crippen LogP contribution in [0, 0.1) is 13.8 Å². The smallest absolute Gasteiger partial charge is 0.140 e. The monoisotopic (exact) mass is 290 g/mol. The Bertz CT molecular complexity index is 532. The zero-order valence-electron chi connectivity index (χ0n) is 12.4. The zero-order chi connectivity index (χ0) is 14.4. The molecule has 0 aliphatic heterocycles. The predicted molar refractivity (Wildman–Crippen MR) is 84.4 cm³/mol. The summed E-state index contributed by atoms with van der Waals surface area (Å²) in [6, 6.07) is 8.25. The number of nitrogens with zero attached hydrogens (tertiary/aromatic N) is 1. The fraction of sp³-hybridized carbons (Fsp3) is 0.438. The van der Waals surface area contributed by atoms with Crippen LogP contribution in [0.25, 0.3) is 0 Å². The lowest BCUT2D eigenvalue weighted by Crippen LogP contribution is -2.13. The maximum atomic E-state index is 5.83. The molecule has 0 aliphatic carbocycles. The van der Waals surface area contributed by atoms with E-state index in [0.717, 1.165) is 36.0 Å². The number of hydrogen-bond acceptors (Lipinski definition) is 4. The van der Waals surface area contributed by atoms with Crippen LogP contribution in [0.4, 0.5) is 0 Å². The van der Waals surface area contributed by atoms with Crippen molar-refractivity contribution in [1.29, 1.82) is 0 Å². The fourth-order valence-electron chi connectivity index (χ4n) is 1.90. The molecule has 2 aromatic rings. The second-order valence-electron chi connectivity index (χ2n) is 4.86. The number of nitrogens with one attached hydrogen (secondary N) is 1. The van der Waals surface area contributed by atoms with Gasteiger partial charge in [0.15, 0.2) is 0 Å². The van der Waals surface area contributed by atoms with Crippen LogP contribution < -0.4 is 10.1 Å². The molecule has 1 heterocycles. The van der Waals surface area contributed by atoms with Crippen molar-refractivity contribution < 1.29 is 4.74 Å². The van der Waals surface area contributed by atoms with Crippen LogP contribution in [0.3, 0.4) is 0 Å². The Labute approximate surface area is 125 Å². The third kappa shape index (κ3) is 4.32. The van der Waals surface area contributed by atoms with Crippen molar-refractivity contribution in [3.63, 3.8) is 0 Å². The molecule has 0 saturated carbocycles. The number of aryl methyl sites for hydroxylation is 2. The summed E-state index contributed by atoms with van der Waals surface area (Å²) in [5.74, 6) is 0.909. The summed E-state index contributed by atoms with van der Waals surface area (Å²) in [6.07, 6.45) is 1.15. The molecule has 0 radical (unpaired) electrons. The van der Waals surface area contributed by atoms with Gasteiger partial charge in [-0.2, -0.15) is 0 Å². The molecule has 2 rings (SSSR count). The molecule has 0 aliphatic rings. The highest BCUT2D eigenvalue weighted by Crippen LogP contribution is 2.19. The van der Waals surface area contributed by atoms with Crippen molar-refractivity contribution >= 4 is 11.3 Å². The number of hydrogen-bond donors (Lipinski definition) is 1. The lowest BCUT2D eigenvalue weighted by molar-refractivity contribution is 0.305. The Balaban J connectivity index is 1.90. The van der Waals surface area contributed by atoms with Crippen LogP contribution in [0.5, 0.6) is 5.75 Å². The lowest BCUT2D eigenvalue weighted by atomic mass is 10.2. The highest BCUT2D eigenvalue weighted by molar-refractivity contribution is 7.11. The first-order valence-corrected chi connectivity index (χ1v) is 7.86. The third-order valence-electron chi connectivity index (χ3n) is 3.09. The van der Waals surface area contributed by atoms with Gasteiger partial charge in [0.2, 0.25) is 0 Å². The van der Waals surface area contributed by atoms with Gasteiger partial charge in [-0.3, -0.25) is 0 Å². The van der Waals surface area contributed by atoms with E-state index in [-0.39, 0.29) is 0 Å². The topological polar surface area (TPSA) is 34.1 Å². The van der Waals surface area contributed by atoms with Crippen molar-refractivity contribution in [3.05, 3.63) is 45.4 Å². The van der Waals surface area contributed by atoms with E-state index in [1.807, 2.05) is 19.1 Å². The summed E-state index contributed by atoms with van der Waals surface area (Å²) in [5.41, 5.74) is 2.36. The molecule has 0 spiro atoms. The minimum atomic E-state index is 0.547. The SMILES string of the molecule is CCCNCc1cccc(OCc2nc(C)c(C)s2)c1. The van der Waals surface area contributed by atoms with Gasteiger partial charge in [0.25, 0.3) is 0 Å². The van der Waals surface area contributed by atoms with Crippen molar-refractivity contribution in [1.82, 2.24) is 10.3 Å². The van der Waals surface area contributed by atoms with Crippen molar-refractivity contribution in [2.45, 2.75) is 40.3 Å². The van der Waals surface area contributed by atoms with E-state index < -0.39 is 0 Å². The summed E-state index contributed by atoms with van der Waals surface area (Å²) in [6.45, 7) is 8.78. The van der Waals surface area contributed by atoms with Gasteiger partial charge in [-0.1, -0.05) is 19.1 Å². The zero-order valence-corrected chi connectivity index (χ0v) is 13.2. The number of rotatable bonds is 7. The van der Waals surface area contributed by atoms with E-state index >= 15 is 0 Å². The summed E-state index contributed by atoms with van der Waals surface area (Å²) in [4.78, 5) is 5.75. The summed E-state index contributed by atoms with van der Waals surface area (Å²) < 4.78 is 5.83. The number of thiazole rings is 1. The third-order valence-corrected chi connectivity index (χ3v) is 4.14. The number of aromatic nitrogens is 1. The molecule has 4 heteroatoms. The molecule has 0 saturated heterocycles. The molecule has 3 nitrogen and oxygen atoms in total. The van der Waals surface area contributed by atoms with Gasteiger partial charge in [0.05, 0.1) is 5.69 Å². The molecule has 1 aromatic heterocycles. The van der Waals surface area contributed by atoms with Crippen LogP contribution in [-0.2, 0) is 13.2 Å². The van der Waals surface area contributed by atoms with E-state index in [2.05, 4.69) is 36.3 Å². The Morgan fingerprint density at radius 1 is 1.30 bits per heavy atom. The highest BCUT2D eigenvalue weighted by Gasteiger charge is 2.04. The maximum absolute atomic E-state index is 5.83. The van der Waals surface area contributed by atoms with E-state index in [4.69, 9.17) is 4.74 Å². The first-order chi connectivity index (χ1) is 9.69. The van der Waals surface area contributed by atoms with E-state index in [1.165, 1.54) is 10.4 Å². The Morgan fingerprint density at radius 2 is 2.15 bits per heavy atom. The molecule has 0 fully saturated rings. The Morgan fingerprint density at radius 3 is 2.85 bits per heavy atom. The maximum Gasteiger partial charge on any atom is 0.140 e. The van der Waals surface area contributed by atoms with Crippen LogP contribution in [0.15, 0.2) is 24.3 Å². The first kappa shape index (κ1) is 15.0. The lowest BCUT2D eigenvalue weighted by Gasteiger charge is -2.07. The summed E-state index contributed by atoms with van der Waals surface area (Å²) >= 11 is 1.71. The Kier molecular flexibility index (Phi) is 5.56. The highest BCUT2D eigenvalue weighted by atomic mass is 32.1. The predicted octanol–water partition coefficient (Wildman–Crippen LogP) is 3.84. The minimum absolute atomic E-state index is 0.547. The van der Waals surface area contributed by atoms with Crippen LogP contribution >= 0.6 is 11.3 Å². The average molecular weight is 290 g/mol. The fourth-order valence-corrected chi connectivity index (χ4v) is 2.75. The van der Waals surface area contributed by atoms with Crippen molar-refractivity contribution in [3.8, 4) is 5.75 Å². The van der Waals surface area contributed by atoms with E-state index in [0.29, 0.717) is 6.61 Å². The van der Waals surface area contributed by atoms with E-state index in [9.17, 15) is 0 Å². The summed E-state index contributed by atoms with van der Waals surface area (Å²) in [7, 11) is 0. The number of ether oxygens (including phenoxy) is 1. The van der Waals surface area contributed by atoms with Crippen LogP contribution in [0.2, 0.25) is 0 Å².